The van der Waals surface area contributed by atoms with Gasteiger partial charge in [-0.1, -0.05) is 0 Å². The van der Waals surface area contributed by atoms with E-state index in [0.29, 0.717) is 19.0 Å². The lowest BCUT2D eigenvalue weighted by Gasteiger charge is -2.30. The largest absolute Gasteiger partial charge is 0.490 e. The zero-order chi connectivity index (χ0) is 20.0. The number of nitrogens with zero attached hydrogens (tertiary/aromatic N) is 4. The van der Waals surface area contributed by atoms with Gasteiger partial charge in [-0.2, -0.15) is 0 Å². The first-order chi connectivity index (χ1) is 14.1. The minimum absolute atomic E-state index is 0.0809. The molecule has 1 fully saturated rings. The number of piperidine rings is 1. The van der Waals surface area contributed by atoms with Crippen molar-refractivity contribution in [1.82, 2.24) is 19.8 Å². The fourth-order valence-corrected chi connectivity index (χ4v) is 4.71. The van der Waals surface area contributed by atoms with Crippen molar-refractivity contribution in [2.45, 2.75) is 51.2 Å². The van der Waals surface area contributed by atoms with Crippen LogP contribution in [0.4, 0.5) is 0 Å². The summed E-state index contributed by atoms with van der Waals surface area (Å²) in [6.45, 7) is 5.57. The summed E-state index contributed by atoms with van der Waals surface area (Å²) < 4.78 is 5.76. The Labute approximate surface area is 171 Å². The van der Waals surface area contributed by atoms with Crippen molar-refractivity contribution < 1.29 is 9.53 Å². The molecule has 0 N–H and O–H groups in total. The average molecular weight is 393 g/mol. The number of rotatable bonds is 2. The van der Waals surface area contributed by atoms with E-state index < -0.39 is 0 Å². The molecule has 0 saturated carbocycles. The summed E-state index contributed by atoms with van der Waals surface area (Å²) in [6.07, 6.45) is 6.06. The van der Waals surface area contributed by atoms with Gasteiger partial charge in [-0.05, 0) is 63.7 Å². The Morgan fingerprint density at radius 3 is 2.83 bits per heavy atom. The molecular formula is C23H28N4O2. The van der Waals surface area contributed by atoms with Crippen LogP contribution in [0.2, 0.25) is 0 Å². The van der Waals surface area contributed by atoms with Crippen molar-refractivity contribution >= 4 is 5.91 Å². The van der Waals surface area contributed by atoms with Crippen molar-refractivity contribution in [2.24, 2.45) is 0 Å². The number of ether oxygens (including phenoxy) is 1. The third-order valence-corrected chi connectivity index (χ3v) is 6.47. The summed E-state index contributed by atoms with van der Waals surface area (Å²) in [6, 6.07) is 5.81. The normalized spacial score (nSPS) is 22.1. The average Bonchev–Trinajstić information content (AvgIpc) is 3.12. The van der Waals surface area contributed by atoms with Crippen LogP contribution in [0.15, 0.2) is 24.4 Å². The Morgan fingerprint density at radius 1 is 1.17 bits per heavy atom. The van der Waals surface area contributed by atoms with E-state index in [1.165, 1.54) is 0 Å². The lowest BCUT2D eigenvalue weighted by atomic mass is 9.95. The van der Waals surface area contributed by atoms with Gasteiger partial charge in [-0.25, -0.2) is 9.97 Å². The third kappa shape index (κ3) is 3.62. The van der Waals surface area contributed by atoms with Crippen LogP contribution in [0.1, 0.15) is 58.7 Å². The predicted octanol–water partition coefficient (Wildman–Crippen LogP) is 2.81. The molecule has 6 heteroatoms. The standard InChI is InChI=1S/C23H28N4O2/c1-15-11-18-12-17(3-4-21(18)29-15)23(28)27-10-7-20-19(14-27)13-24-22(25-20)16-5-8-26(2)9-6-16/h3-4,12-13,15-16H,5-11,14H2,1-2H3/t15-/m0/s1. The second kappa shape index (κ2) is 7.41. The number of fused-ring (bicyclic) bond motifs is 2. The van der Waals surface area contributed by atoms with E-state index in [-0.39, 0.29) is 12.0 Å². The second-order valence-corrected chi connectivity index (χ2v) is 8.71. The highest BCUT2D eigenvalue weighted by atomic mass is 16.5. The molecule has 4 heterocycles. The SMILES string of the molecule is C[C@H]1Cc2cc(C(=O)N3CCc4nc(C5CCN(C)CC5)ncc4C3)ccc2O1. The number of hydrogen-bond acceptors (Lipinski definition) is 5. The van der Waals surface area contributed by atoms with E-state index >= 15 is 0 Å². The Morgan fingerprint density at radius 2 is 2.00 bits per heavy atom. The maximum absolute atomic E-state index is 13.1. The van der Waals surface area contributed by atoms with Crippen LogP contribution in [0.25, 0.3) is 0 Å². The summed E-state index contributed by atoms with van der Waals surface area (Å²) in [7, 11) is 2.17. The lowest BCUT2D eigenvalue weighted by Crippen LogP contribution is -2.37. The highest BCUT2D eigenvalue weighted by molar-refractivity contribution is 5.94. The molecule has 1 saturated heterocycles. The lowest BCUT2D eigenvalue weighted by molar-refractivity contribution is 0.0733. The molecule has 0 radical (unpaired) electrons. The van der Waals surface area contributed by atoms with Gasteiger partial charge in [0.15, 0.2) is 0 Å². The van der Waals surface area contributed by atoms with E-state index in [9.17, 15) is 4.79 Å². The minimum atomic E-state index is 0.0809. The van der Waals surface area contributed by atoms with Crippen molar-refractivity contribution in [1.29, 1.82) is 0 Å². The first-order valence-corrected chi connectivity index (χ1v) is 10.7. The maximum Gasteiger partial charge on any atom is 0.254 e. The second-order valence-electron chi connectivity index (χ2n) is 8.71. The molecular weight excluding hydrogens is 364 g/mol. The van der Waals surface area contributed by atoms with Gasteiger partial charge in [0, 0.05) is 49.2 Å². The monoisotopic (exact) mass is 392 g/mol. The molecule has 152 valence electrons. The highest BCUT2D eigenvalue weighted by Crippen LogP contribution is 2.31. The molecule has 0 bridgehead atoms. The summed E-state index contributed by atoms with van der Waals surface area (Å²) in [4.78, 5) is 26.9. The zero-order valence-corrected chi connectivity index (χ0v) is 17.2. The first-order valence-electron chi connectivity index (χ1n) is 10.7. The number of carbonyl (C=O) groups is 1. The molecule has 0 spiro atoms. The number of amides is 1. The zero-order valence-electron chi connectivity index (χ0n) is 17.2. The molecule has 1 amide bonds. The molecule has 1 atom stereocenters. The van der Waals surface area contributed by atoms with E-state index in [1.54, 1.807) is 0 Å². The van der Waals surface area contributed by atoms with Gasteiger partial charge in [0.2, 0.25) is 0 Å². The molecule has 29 heavy (non-hydrogen) atoms. The van der Waals surface area contributed by atoms with Crippen molar-refractivity contribution in [2.75, 3.05) is 26.7 Å². The van der Waals surface area contributed by atoms with Crippen molar-refractivity contribution in [3.05, 3.63) is 52.6 Å². The van der Waals surface area contributed by atoms with E-state index in [2.05, 4.69) is 23.9 Å². The number of hydrogen-bond donors (Lipinski definition) is 0. The predicted molar refractivity (Wildman–Crippen MR) is 110 cm³/mol. The smallest absolute Gasteiger partial charge is 0.254 e. The Hall–Kier alpha value is -2.47. The summed E-state index contributed by atoms with van der Waals surface area (Å²) in [5.74, 6) is 2.45. The fraction of sp³-hybridized carbons (Fsp3) is 0.522. The van der Waals surface area contributed by atoms with Crippen LogP contribution in [0, 0.1) is 0 Å². The summed E-state index contributed by atoms with van der Waals surface area (Å²) in [5.41, 5.74) is 4.08. The Kier molecular flexibility index (Phi) is 4.74. The van der Waals surface area contributed by atoms with Crippen LogP contribution in [-0.2, 0) is 19.4 Å². The van der Waals surface area contributed by atoms with E-state index in [1.807, 2.05) is 29.3 Å². The van der Waals surface area contributed by atoms with Crippen LogP contribution < -0.4 is 4.74 Å². The Bertz CT molecular complexity index is 936. The molecule has 1 aromatic carbocycles. The Balaban J connectivity index is 1.30. The maximum atomic E-state index is 13.1. The van der Waals surface area contributed by atoms with Crippen LogP contribution in [-0.4, -0.2) is 58.5 Å². The third-order valence-electron chi connectivity index (χ3n) is 6.47. The quantitative estimate of drug-likeness (QED) is 0.787. The molecule has 2 aromatic rings. The topological polar surface area (TPSA) is 58.6 Å². The van der Waals surface area contributed by atoms with Gasteiger partial charge in [0.1, 0.15) is 17.7 Å². The molecule has 5 rings (SSSR count). The number of carbonyl (C=O) groups excluding carboxylic acids is 1. The van der Waals surface area contributed by atoms with Gasteiger partial charge >= 0.3 is 0 Å². The van der Waals surface area contributed by atoms with Crippen molar-refractivity contribution in [3.8, 4) is 5.75 Å². The number of benzene rings is 1. The molecule has 0 aliphatic carbocycles. The van der Waals surface area contributed by atoms with Gasteiger partial charge in [-0.3, -0.25) is 4.79 Å². The van der Waals surface area contributed by atoms with E-state index in [4.69, 9.17) is 9.72 Å². The molecule has 3 aliphatic rings. The number of aromatic nitrogens is 2. The molecule has 3 aliphatic heterocycles. The van der Waals surface area contributed by atoms with Gasteiger partial charge in [-0.15, -0.1) is 0 Å². The van der Waals surface area contributed by atoms with Crippen LogP contribution >= 0.6 is 0 Å². The van der Waals surface area contributed by atoms with Gasteiger partial charge in [0.05, 0.1) is 5.69 Å². The fourth-order valence-electron chi connectivity index (χ4n) is 4.71. The van der Waals surface area contributed by atoms with Gasteiger partial charge < -0.3 is 14.5 Å². The molecule has 0 unspecified atom stereocenters. The van der Waals surface area contributed by atoms with Crippen molar-refractivity contribution in [3.63, 3.8) is 0 Å². The van der Waals surface area contributed by atoms with Gasteiger partial charge in [0.25, 0.3) is 5.91 Å². The summed E-state index contributed by atoms with van der Waals surface area (Å²) >= 11 is 0. The number of likely N-dealkylation sites (tertiary alicyclic amines) is 1. The van der Waals surface area contributed by atoms with E-state index in [0.717, 1.165) is 72.7 Å². The van der Waals surface area contributed by atoms with Crippen LogP contribution in [0.3, 0.4) is 0 Å². The van der Waals surface area contributed by atoms with Crippen LogP contribution in [0.5, 0.6) is 5.75 Å². The first kappa shape index (κ1) is 18.6. The molecule has 6 nitrogen and oxygen atoms in total. The minimum Gasteiger partial charge on any atom is -0.490 e. The highest BCUT2D eigenvalue weighted by Gasteiger charge is 2.27. The molecule has 1 aromatic heterocycles. The summed E-state index contributed by atoms with van der Waals surface area (Å²) in [5, 5.41) is 0.